The molecule has 0 aromatic heterocycles. The van der Waals surface area contributed by atoms with Crippen LogP contribution < -0.4 is 11.5 Å². The van der Waals surface area contributed by atoms with Gasteiger partial charge in [-0.15, -0.1) is 0 Å². The van der Waals surface area contributed by atoms with Gasteiger partial charge < -0.3 is 11.5 Å². The number of benzene rings is 3. The van der Waals surface area contributed by atoms with Gasteiger partial charge in [0.25, 0.3) is 5.91 Å². The Hall–Kier alpha value is -3.21. The number of hydrogen-bond donors (Lipinski definition) is 2. The molecule has 10 heteroatoms. The fourth-order valence-electron chi connectivity index (χ4n) is 4.04. The number of nitrogens with two attached hydrogens (primary N) is 2. The number of carbonyl (C=O) groups excluding carboxylic acids is 1. The quantitative estimate of drug-likeness (QED) is 0.500. The minimum atomic E-state index is -3.56. The molecule has 1 aliphatic heterocycles. The van der Waals surface area contributed by atoms with Crippen molar-refractivity contribution in [2.75, 3.05) is 25.1 Å². The summed E-state index contributed by atoms with van der Waals surface area (Å²) < 4.78 is 50.7. The molecule has 1 heterocycles. The highest BCUT2D eigenvalue weighted by molar-refractivity contribution is 7.90. The highest BCUT2D eigenvalue weighted by Gasteiger charge is 2.27. The van der Waals surface area contributed by atoms with Crippen molar-refractivity contribution in [2.24, 2.45) is 5.73 Å². The second kappa shape index (κ2) is 8.86. The first-order chi connectivity index (χ1) is 16.0. The molecule has 4 rings (SSSR count). The van der Waals surface area contributed by atoms with Crippen LogP contribution in [0.15, 0.2) is 70.5 Å². The van der Waals surface area contributed by atoms with E-state index in [1.165, 1.54) is 28.6 Å². The van der Waals surface area contributed by atoms with E-state index in [0.717, 1.165) is 19.1 Å². The van der Waals surface area contributed by atoms with Crippen LogP contribution in [-0.4, -0.2) is 46.4 Å². The molecule has 0 saturated carbocycles. The van der Waals surface area contributed by atoms with E-state index in [0.29, 0.717) is 35.3 Å². The van der Waals surface area contributed by atoms with E-state index in [9.17, 15) is 21.6 Å². The van der Waals surface area contributed by atoms with Gasteiger partial charge in [-0.1, -0.05) is 24.3 Å². The summed E-state index contributed by atoms with van der Waals surface area (Å²) >= 11 is 0. The maximum absolute atomic E-state index is 12.8. The molecule has 4 N–H and O–H groups in total. The lowest BCUT2D eigenvalue weighted by atomic mass is 9.94. The first kappa shape index (κ1) is 23.9. The minimum Gasteiger partial charge on any atom is -0.398 e. The van der Waals surface area contributed by atoms with Crippen LogP contribution in [0.2, 0.25) is 0 Å². The maximum Gasteiger partial charge on any atom is 0.250 e. The molecule has 1 saturated heterocycles. The largest absolute Gasteiger partial charge is 0.398 e. The Balaban J connectivity index is 1.77. The maximum atomic E-state index is 12.8. The number of nitrogens with zero attached hydrogens (tertiary/aromatic N) is 1. The van der Waals surface area contributed by atoms with Gasteiger partial charge in [0.05, 0.1) is 21.0 Å². The topological polar surface area (TPSA) is 141 Å². The molecule has 0 aliphatic carbocycles. The molecule has 8 nitrogen and oxygen atoms in total. The van der Waals surface area contributed by atoms with Crippen molar-refractivity contribution >= 4 is 31.5 Å². The smallest absolute Gasteiger partial charge is 0.250 e. The van der Waals surface area contributed by atoms with Gasteiger partial charge in [-0.2, -0.15) is 4.31 Å². The van der Waals surface area contributed by atoms with Crippen LogP contribution in [-0.2, 0) is 19.9 Å². The van der Waals surface area contributed by atoms with Gasteiger partial charge in [-0.05, 0) is 65.9 Å². The predicted molar refractivity (Wildman–Crippen MR) is 131 cm³/mol. The predicted octanol–water partition coefficient (Wildman–Crippen LogP) is 2.89. The zero-order valence-corrected chi connectivity index (χ0v) is 20.2. The van der Waals surface area contributed by atoms with Crippen molar-refractivity contribution < 1.29 is 21.6 Å². The Morgan fingerprint density at radius 3 is 1.85 bits per heavy atom. The first-order valence-electron chi connectivity index (χ1n) is 10.6. The molecule has 0 radical (unpaired) electrons. The molecular formula is C24H25N3O5S2. The first-order valence-corrected chi connectivity index (χ1v) is 14.0. The van der Waals surface area contributed by atoms with Crippen molar-refractivity contribution in [1.82, 2.24) is 4.31 Å². The van der Waals surface area contributed by atoms with Gasteiger partial charge in [0.1, 0.15) is 0 Å². The van der Waals surface area contributed by atoms with Gasteiger partial charge >= 0.3 is 0 Å². The third-order valence-electron chi connectivity index (χ3n) is 5.93. The number of nitrogen functional groups attached to an aromatic ring is 1. The van der Waals surface area contributed by atoms with Crippen molar-refractivity contribution in [3.8, 4) is 22.3 Å². The summed E-state index contributed by atoms with van der Waals surface area (Å²) in [5.41, 5.74) is 14.5. The molecule has 0 spiro atoms. The van der Waals surface area contributed by atoms with E-state index >= 15 is 0 Å². The number of rotatable bonds is 6. The zero-order chi connectivity index (χ0) is 24.7. The van der Waals surface area contributed by atoms with E-state index in [1.54, 1.807) is 36.4 Å². The highest BCUT2D eigenvalue weighted by atomic mass is 32.2. The van der Waals surface area contributed by atoms with Crippen LogP contribution in [0, 0.1) is 0 Å². The van der Waals surface area contributed by atoms with Crippen LogP contribution in [0.3, 0.4) is 0 Å². The summed E-state index contributed by atoms with van der Waals surface area (Å²) in [6.45, 7) is 1.03. The monoisotopic (exact) mass is 499 g/mol. The average molecular weight is 500 g/mol. The SMILES string of the molecule is CS(=O)(=O)c1ccc(-c2cc(C(N)=O)c(N)c(-c3ccc(S(=O)(=O)N4CCCC4)cc3)c2)cc1. The van der Waals surface area contributed by atoms with Crippen LogP contribution in [0.5, 0.6) is 0 Å². The second-order valence-corrected chi connectivity index (χ2v) is 12.2. The average Bonchev–Trinajstić information content (AvgIpc) is 3.35. The van der Waals surface area contributed by atoms with Crippen molar-refractivity contribution in [2.45, 2.75) is 22.6 Å². The van der Waals surface area contributed by atoms with E-state index in [-0.39, 0.29) is 21.0 Å². The molecule has 0 unspecified atom stereocenters. The summed E-state index contributed by atoms with van der Waals surface area (Å²) in [6.07, 6.45) is 2.82. The normalized spacial score (nSPS) is 14.9. The minimum absolute atomic E-state index is 0.119. The second-order valence-electron chi connectivity index (χ2n) is 8.28. The van der Waals surface area contributed by atoms with Gasteiger partial charge in [-0.25, -0.2) is 16.8 Å². The summed E-state index contributed by atoms with van der Waals surface area (Å²) in [7, 11) is -6.91. The lowest BCUT2D eigenvalue weighted by molar-refractivity contribution is 0.100. The Labute approximate surface area is 199 Å². The standard InChI is InChI=1S/C24H25N3O5S2/c1-33(29,30)19-8-4-16(5-9-19)18-14-21(23(25)22(15-18)24(26)28)17-6-10-20(11-7-17)34(31,32)27-12-2-3-13-27/h4-11,14-15H,2-3,12-13,25H2,1H3,(H2,26,28). The van der Waals surface area contributed by atoms with Crippen LogP contribution in [0.1, 0.15) is 23.2 Å². The summed E-state index contributed by atoms with van der Waals surface area (Å²) in [5.74, 6) is -0.707. The molecule has 178 valence electrons. The Kier molecular flexibility index (Phi) is 6.24. The Bertz CT molecular complexity index is 1460. The number of primary amides is 1. The number of sulfonamides is 1. The number of anilines is 1. The van der Waals surface area contributed by atoms with Crippen LogP contribution in [0.4, 0.5) is 5.69 Å². The van der Waals surface area contributed by atoms with Crippen molar-refractivity contribution in [1.29, 1.82) is 0 Å². The molecule has 1 aliphatic rings. The summed E-state index contributed by atoms with van der Waals surface area (Å²) in [4.78, 5) is 12.5. The fraction of sp³-hybridized carbons (Fsp3) is 0.208. The van der Waals surface area contributed by atoms with Crippen molar-refractivity contribution in [3.05, 3.63) is 66.2 Å². The number of carbonyl (C=O) groups is 1. The molecule has 0 bridgehead atoms. The lowest BCUT2D eigenvalue weighted by Crippen LogP contribution is -2.27. The highest BCUT2D eigenvalue weighted by Crippen LogP contribution is 2.35. The van der Waals surface area contributed by atoms with E-state index in [1.807, 2.05) is 0 Å². The van der Waals surface area contributed by atoms with Crippen LogP contribution >= 0.6 is 0 Å². The molecule has 0 atom stereocenters. The molecule has 1 amide bonds. The van der Waals surface area contributed by atoms with Gasteiger partial charge in [0.15, 0.2) is 9.84 Å². The van der Waals surface area contributed by atoms with E-state index < -0.39 is 25.8 Å². The molecular weight excluding hydrogens is 474 g/mol. The zero-order valence-electron chi connectivity index (χ0n) is 18.6. The summed E-state index contributed by atoms with van der Waals surface area (Å²) in [6, 6.07) is 15.9. The van der Waals surface area contributed by atoms with Crippen molar-refractivity contribution in [3.63, 3.8) is 0 Å². The molecule has 1 fully saturated rings. The Morgan fingerprint density at radius 1 is 0.794 bits per heavy atom. The molecule has 3 aromatic carbocycles. The van der Waals surface area contributed by atoms with E-state index in [4.69, 9.17) is 11.5 Å². The van der Waals surface area contributed by atoms with Gasteiger partial charge in [0.2, 0.25) is 10.0 Å². The van der Waals surface area contributed by atoms with Crippen LogP contribution in [0.25, 0.3) is 22.3 Å². The molecule has 3 aromatic rings. The lowest BCUT2D eigenvalue weighted by Gasteiger charge is -2.16. The number of hydrogen-bond acceptors (Lipinski definition) is 6. The van der Waals surface area contributed by atoms with E-state index in [2.05, 4.69) is 0 Å². The Morgan fingerprint density at radius 2 is 1.32 bits per heavy atom. The van der Waals surface area contributed by atoms with Gasteiger partial charge in [0, 0.05) is 24.9 Å². The fourth-order valence-corrected chi connectivity index (χ4v) is 6.19. The molecule has 34 heavy (non-hydrogen) atoms. The van der Waals surface area contributed by atoms with Gasteiger partial charge in [-0.3, -0.25) is 4.79 Å². The number of amides is 1. The summed E-state index contributed by atoms with van der Waals surface area (Å²) in [5, 5.41) is 0. The third-order valence-corrected chi connectivity index (χ3v) is 8.97. The number of sulfone groups is 1. The third kappa shape index (κ3) is 4.56.